The lowest BCUT2D eigenvalue weighted by molar-refractivity contribution is -0.145. The first-order valence-electron chi connectivity index (χ1n) is 7.87. The Kier molecular flexibility index (Phi) is 4.78. The molecule has 0 amide bonds. The fraction of sp³-hybridized carbons (Fsp3) is 0.389. The molecule has 1 aromatic heterocycles. The zero-order valence-electron chi connectivity index (χ0n) is 13.0. The number of rotatable bonds is 4. The van der Waals surface area contributed by atoms with Crippen molar-refractivity contribution in [1.82, 2.24) is 4.90 Å². The van der Waals surface area contributed by atoms with Crippen LogP contribution in [0.25, 0.3) is 0 Å². The van der Waals surface area contributed by atoms with Crippen LogP contribution in [0.5, 0.6) is 0 Å². The molecule has 0 bridgehead atoms. The standard InChI is InChI=1S/C18H20FNO2S/c1-12-9-10-16(23-12)17(13-6-2-3-7-14(13)19)20-11-5-4-8-15(20)18(21)22/h2-3,6-7,9-10,15,17H,4-5,8,11H2,1H3,(H,21,22). The Bertz CT molecular complexity index is 700. The Hall–Kier alpha value is -1.72. The van der Waals surface area contributed by atoms with Gasteiger partial charge in [-0.05, 0) is 44.5 Å². The van der Waals surface area contributed by atoms with Crippen LogP contribution >= 0.6 is 11.3 Å². The maximum atomic E-state index is 14.4. The van der Waals surface area contributed by atoms with E-state index in [9.17, 15) is 14.3 Å². The summed E-state index contributed by atoms with van der Waals surface area (Å²) in [5.74, 6) is -1.10. The molecular weight excluding hydrogens is 313 g/mol. The summed E-state index contributed by atoms with van der Waals surface area (Å²) in [4.78, 5) is 15.8. The first kappa shape index (κ1) is 16.1. The van der Waals surface area contributed by atoms with Crippen LogP contribution in [0, 0.1) is 12.7 Å². The molecule has 0 radical (unpaired) electrons. The second kappa shape index (κ2) is 6.81. The highest BCUT2D eigenvalue weighted by molar-refractivity contribution is 7.12. The van der Waals surface area contributed by atoms with E-state index in [0.29, 0.717) is 18.5 Å². The van der Waals surface area contributed by atoms with Crippen molar-refractivity contribution in [2.45, 2.75) is 38.3 Å². The van der Waals surface area contributed by atoms with Crippen molar-refractivity contribution in [3.8, 4) is 0 Å². The summed E-state index contributed by atoms with van der Waals surface area (Å²) in [6.45, 7) is 2.68. The van der Waals surface area contributed by atoms with Crippen molar-refractivity contribution in [3.05, 3.63) is 57.5 Å². The van der Waals surface area contributed by atoms with Gasteiger partial charge in [0, 0.05) is 15.3 Å². The third-order valence-corrected chi connectivity index (χ3v) is 5.44. The minimum Gasteiger partial charge on any atom is -0.480 e. The van der Waals surface area contributed by atoms with Crippen LogP contribution in [0.15, 0.2) is 36.4 Å². The molecule has 5 heteroatoms. The van der Waals surface area contributed by atoms with Gasteiger partial charge in [-0.15, -0.1) is 11.3 Å². The summed E-state index contributed by atoms with van der Waals surface area (Å²) in [5.41, 5.74) is 0.558. The minimum absolute atomic E-state index is 0.279. The Labute approximate surface area is 139 Å². The van der Waals surface area contributed by atoms with E-state index in [-0.39, 0.29) is 11.9 Å². The number of halogens is 1. The molecule has 1 N–H and O–H groups in total. The fourth-order valence-corrected chi connectivity index (χ4v) is 4.34. The molecular formula is C18H20FNO2S. The van der Waals surface area contributed by atoms with E-state index < -0.39 is 12.0 Å². The van der Waals surface area contributed by atoms with Crippen LogP contribution in [-0.2, 0) is 4.79 Å². The highest BCUT2D eigenvalue weighted by Crippen LogP contribution is 2.38. The van der Waals surface area contributed by atoms with Crippen molar-refractivity contribution >= 4 is 17.3 Å². The van der Waals surface area contributed by atoms with Gasteiger partial charge in [-0.25, -0.2) is 4.39 Å². The van der Waals surface area contributed by atoms with Crippen LogP contribution in [0.4, 0.5) is 4.39 Å². The first-order valence-corrected chi connectivity index (χ1v) is 8.69. The van der Waals surface area contributed by atoms with Gasteiger partial charge in [-0.3, -0.25) is 9.69 Å². The topological polar surface area (TPSA) is 40.5 Å². The largest absolute Gasteiger partial charge is 0.480 e. The Balaban J connectivity index is 2.08. The molecule has 3 rings (SSSR count). The predicted octanol–water partition coefficient (Wildman–Crippen LogP) is 4.22. The lowest BCUT2D eigenvalue weighted by Crippen LogP contribution is -2.46. The van der Waals surface area contributed by atoms with Gasteiger partial charge in [0.05, 0.1) is 6.04 Å². The molecule has 2 atom stereocenters. The number of hydrogen-bond acceptors (Lipinski definition) is 3. The van der Waals surface area contributed by atoms with Crippen molar-refractivity contribution in [2.24, 2.45) is 0 Å². The van der Waals surface area contributed by atoms with E-state index >= 15 is 0 Å². The summed E-state index contributed by atoms with van der Waals surface area (Å²) >= 11 is 1.61. The molecule has 3 nitrogen and oxygen atoms in total. The fourth-order valence-electron chi connectivity index (χ4n) is 3.32. The molecule has 1 fully saturated rings. The van der Waals surface area contributed by atoms with Crippen LogP contribution in [0.1, 0.15) is 40.6 Å². The maximum absolute atomic E-state index is 14.4. The monoisotopic (exact) mass is 333 g/mol. The van der Waals surface area contributed by atoms with Gasteiger partial charge in [0.2, 0.25) is 0 Å². The van der Waals surface area contributed by atoms with Crippen LogP contribution in [0.2, 0.25) is 0 Å². The number of hydrogen-bond donors (Lipinski definition) is 1. The zero-order valence-corrected chi connectivity index (χ0v) is 13.9. The summed E-state index contributed by atoms with van der Waals surface area (Å²) in [6.07, 6.45) is 2.46. The molecule has 122 valence electrons. The second-order valence-corrected chi connectivity index (χ2v) is 7.28. The number of likely N-dealkylation sites (tertiary alicyclic amines) is 1. The summed E-state index contributed by atoms with van der Waals surface area (Å²) in [6, 6.07) is 9.79. The molecule has 2 unspecified atom stereocenters. The third kappa shape index (κ3) is 3.31. The van der Waals surface area contributed by atoms with Crippen molar-refractivity contribution in [1.29, 1.82) is 0 Å². The van der Waals surface area contributed by atoms with Gasteiger partial charge in [-0.2, -0.15) is 0 Å². The normalized spacial score (nSPS) is 20.3. The predicted molar refractivity (Wildman–Crippen MR) is 89.3 cm³/mol. The molecule has 2 aromatic rings. The average molecular weight is 333 g/mol. The lowest BCUT2D eigenvalue weighted by Gasteiger charge is -2.39. The summed E-state index contributed by atoms with van der Waals surface area (Å²) in [5, 5.41) is 9.59. The van der Waals surface area contributed by atoms with Crippen LogP contribution in [0.3, 0.4) is 0 Å². The van der Waals surface area contributed by atoms with Gasteiger partial charge < -0.3 is 5.11 Å². The van der Waals surface area contributed by atoms with Gasteiger partial charge >= 0.3 is 5.97 Å². The van der Waals surface area contributed by atoms with Crippen LogP contribution < -0.4 is 0 Å². The van der Waals surface area contributed by atoms with E-state index in [1.165, 1.54) is 6.07 Å². The second-order valence-electron chi connectivity index (χ2n) is 5.96. The molecule has 2 heterocycles. The van der Waals surface area contributed by atoms with Crippen LogP contribution in [-0.4, -0.2) is 28.6 Å². The first-order chi connectivity index (χ1) is 11.1. The number of thiophene rings is 1. The number of nitrogens with zero attached hydrogens (tertiary/aromatic N) is 1. The zero-order chi connectivity index (χ0) is 16.4. The smallest absolute Gasteiger partial charge is 0.320 e. The Morgan fingerprint density at radius 1 is 1.30 bits per heavy atom. The molecule has 0 spiro atoms. The van der Waals surface area contributed by atoms with E-state index in [0.717, 1.165) is 22.6 Å². The molecule has 0 saturated carbocycles. The molecule has 1 saturated heterocycles. The quantitative estimate of drug-likeness (QED) is 0.910. The minimum atomic E-state index is -0.820. The molecule has 1 aliphatic heterocycles. The van der Waals surface area contributed by atoms with Gasteiger partial charge in [0.1, 0.15) is 11.9 Å². The number of carboxylic acid groups (broad SMARTS) is 1. The number of benzene rings is 1. The van der Waals surface area contributed by atoms with Gasteiger partial charge in [-0.1, -0.05) is 24.6 Å². The summed E-state index contributed by atoms with van der Waals surface area (Å²) < 4.78 is 14.4. The van der Waals surface area contributed by atoms with Crippen molar-refractivity contribution < 1.29 is 14.3 Å². The van der Waals surface area contributed by atoms with E-state index in [1.807, 2.05) is 30.0 Å². The van der Waals surface area contributed by atoms with E-state index in [4.69, 9.17) is 0 Å². The van der Waals surface area contributed by atoms with Crippen molar-refractivity contribution in [3.63, 3.8) is 0 Å². The van der Waals surface area contributed by atoms with Gasteiger partial charge in [0.15, 0.2) is 0 Å². The SMILES string of the molecule is Cc1ccc(C(c2ccccc2F)N2CCCCC2C(=O)O)s1. The Morgan fingerprint density at radius 3 is 2.74 bits per heavy atom. The van der Waals surface area contributed by atoms with Crippen molar-refractivity contribution in [2.75, 3.05) is 6.54 Å². The molecule has 0 aliphatic carbocycles. The summed E-state index contributed by atoms with van der Waals surface area (Å²) in [7, 11) is 0. The molecule has 1 aromatic carbocycles. The number of carboxylic acids is 1. The highest BCUT2D eigenvalue weighted by atomic mass is 32.1. The number of aryl methyl sites for hydroxylation is 1. The lowest BCUT2D eigenvalue weighted by atomic mass is 9.95. The van der Waals surface area contributed by atoms with Gasteiger partial charge in [0.25, 0.3) is 0 Å². The number of aliphatic carboxylic acids is 1. The van der Waals surface area contributed by atoms with E-state index in [2.05, 4.69) is 0 Å². The molecule has 1 aliphatic rings. The average Bonchev–Trinajstić information content (AvgIpc) is 2.96. The maximum Gasteiger partial charge on any atom is 0.320 e. The third-order valence-electron chi connectivity index (χ3n) is 4.39. The number of carbonyl (C=O) groups is 1. The highest BCUT2D eigenvalue weighted by Gasteiger charge is 2.36. The van der Waals surface area contributed by atoms with E-state index in [1.54, 1.807) is 23.5 Å². The molecule has 23 heavy (non-hydrogen) atoms. The number of piperidine rings is 1. The Morgan fingerprint density at radius 2 is 2.09 bits per heavy atom.